The molecule has 0 bridgehead atoms. The molecule has 1 heterocycles. The topological polar surface area (TPSA) is 223 Å². The number of aliphatic carboxylic acids is 1. The van der Waals surface area contributed by atoms with E-state index in [0.717, 1.165) is 11.1 Å². The molecule has 1 aliphatic heterocycles. The van der Waals surface area contributed by atoms with E-state index in [2.05, 4.69) is 16.0 Å². The second kappa shape index (κ2) is 17.9. The number of nitrogens with two attached hydrogens (primary N) is 3. The molecule has 1 unspecified atom stereocenters. The summed E-state index contributed by atoms with van der Waals surface area (Å²) in [5.41, 5.74) is 17.4. The Kier molecular flexibility index (Phi) is 14.3. The number of nitrogens with one attached hydrogen (secondary N) is 3. The lowest BCUT2D eigenvalue weighted by Gasteiger charge is -2.34. The van der Waals surface area contributed by atoms with Crippen molar-refractivity contribution in [2.24, 2.45) is 22.6 Å². The summed E-state index contributed by atoms with van der Waals surface area (Å²) in [6.45, 7) is 5.70. The molecule has 268 valence electrons. The molecular weight excluding hydrogens is 626 g/mol. The van der Waals surface area contributed by atoms with Crippen LogP contribution in [0.1, 0.15) is 64.0 Å². The summed E-state index contributed by atoms with van der Waals surface area (Å²) in [6.07, 6.45) is 2.62. The second-order valence-corrected chi connectivity index (χ2v) is 14.0. The Balaban J connectivity index is 1.78. The third kappa shape index (κ3) is 11.7. The number of aryl methyl sites for hydroxylation is 1. The van der Waals surface area contributed by atoms with Crippen LogP contribution in [0.25, 0.3) is 0 Å². The normalized spacial score (nSPS) is 18.5. The maximum Gasteiger partial charge on any atom is 0.325 e. The highest BCUT2D eigenvalue weighted by molar-refractivity contribution is 5.95. The molecule has 1 fully saturated rings. The number of unbranched alkanes of at least 4 members (excludes halogenated alkanes) is 1. The first kappa shape index (κ1) is 39.1. The largest absolute Gasteiger partial charge is 0.480 e. The molecule has 1 saturated heterocycles. The van der Waals surface area contributed by atoms with Gasteiger partial charge in [-0.2, -0.15) is 0 Å². The number of rotatable bonds is 17. The van der Waals surface area contributed by atoms with Crippen LogP contribution in [-0.4, -0.2) is 88.9 Å². The van der Waals surface area contributed by atoms with Crippen LogP contribution < -0.4 is 33.2 Å². The molecule has 1 aliphatic rings. The highest BCUT2D eigenvalue weighted by Gasteiger charge is 2.45. The van der Waals surface area contributed by atoms with E-state index in [1.807, 2.05) is 60.7 Å². The van der Waals surface area contributed by atoms with Crippen molar-refractivity contribution >= 4 is 29.6 Å². The Hall–Kier alpha value is -4.33. The summed E-state index contributed by atoms with van der Waals surface area (Å²) < 4.78 is 0. The number of benzene rings is 2. The molecule has 2 aromatic carbocycles. The smallest absolute Gasteiger partial charge is 0.325 e. The summed E-state index contributed by atoms with van der Waals surface area (Å²) in [5, 5.41) is 18.0. The van der Waals surface area contributed by atoms with E-state index in [4.69, 9.17) is 17.2 Å². The minimum absolute atomic E-state index is 0.0860. The highest BCUT2D eigenvalue weighted by Crippen LogP contribution is 2.23. The SMILES string of the molecule is CC(C)(C)[C@@H](NC(=O)[C@@H](Cc1ccccc1)NC(=O)[C@H](N)CCc1ccccc1)C(=O)N[C@H](CCCCN)C(=O)N1CCC(N)(C(=O)O)C1. The summed E-state index contributed by atoms with van der Waals surface area (Å²) in [5.74, 6) is -3.31. The lowest BCUT2D eigenvalue weighted by molar-refractivity contribution is -0.143. The zero-order valence-corrected chi connectivity index (χ0v) is 28.8. The quantitative estimate of drug-likeness (QED) is 0.118. The van der Waals surface area contributed by atoms with Gasteiger partial charge in [0, 0.05) is 19.5 Å². The molecule has 0 spiro atoms. The third-order valence-corrected chi connectivity index (χ3v) is 8.85. The van der Waals surface area contributed by atoms with Gasteiger partial charge in [-0.05, 0) is 61.6 Å². The molecule has 13 nitrogen and oxygen atoms in total. The van der Waals surface area contributed by atoms with Crippen LogP contribution in [0.3, 0.4) is 0 Å². The summed E-state index contributed by atoms with van der Waals surface area (Å²) >= 11 is 0. The van der Waals surface area contributed by atoms with Crippen LogP contribution in [0.15, 0.2) is 60.7 Å². The molecule has 2 aromatic rings. The Morgan fingerprint density at radius 2 is 1.43 bits per heavy atom. The Labute approximate surface area is 288 Å². The number of carbonyl (C=O) groups is 5. The van der Waals surface area contributed by atoms with Gasteiger partial charge in [-0.3, -0.25) is 24.0 Å². The standard InChI is InChI=1S/C36H53N7O6/c1-35(2,3)29(32(46)40-27(16-10-11-20-37)33(47)43-21-19-36(39,23-43)34(48)49)42-31(45)28(22-25-14-8-5-9-15-25)41-30(44)26(38)18-17-24-12-6-4-7-13-24/h4-9,12-15,26-29H,10-11,16-23,37-39H2,1-3H3,(H,40,46)(H,41,44)(H,42,45)(H,48,49)/t26-,27-,28-,29+,36?/m1/s1. The predicted molar refractivity (Wildman–Crippen MR) is 187 cm³/mol. The fourth-order valence-electron chi connectivity index (χ4n) is 5.78. The third-order valence-electron chi connectivity index (χ3n) is 8.85. The van der Waals surface area contributed by atoms with E-state index in [1.54, 1.807) is 20.8 Å². The lowest BCUT2D eigenvalue weighted by atomic mass is 9.85. The number of carbonyl (C=O) groups excluding carboxylic acids is 4. The van der Waals surface area contributed by atoms with Crippen LogP contribution in [0.5, 0.6) is 0 Å². The Bertz CT molecular complexity index is 1420. The first-order valence-corrected chi connectivity index (χ1v) is 16.9. The Morgan fingerprint density at radius 1 is 0.837 bits per heavy atom. The molecule has 0 saturated carbocycles. The zero-order valence-electron chi connectivity index (χ0n) is 28.8. The van der Waals surface area contributed by atoms with Crippen molar-refractivity contribution in [3.05, 3.63) is 71.8 Å². The van der Waals surface area contributed by atoms with E-state index in [9.17, 15) is 29.1 Å². The van der Waals surface area contributed by atoms with Crippen LogP contribution in [-0.2, 0) is 36.8 Å². The van der Waals surface area contributed by atoms with Crippen molar-refractivity contribution in [1.29, 1.82) is 0 Å². The van der Waals surface area contributed by atoms with Gasteiger partial charge in [-0.25, -0.2) is 0 Å². The van der Waals surface area contributed by atoms with Crippen LogP contribution in [0, 0.1) is 5.41 Å². The van der Waals surface area contributed by atoms with Gasteiger partial charge in [0.25, 0.3) is 0 Å². The van der Waals surface area contributed by atoms with Crippen molar-refractivity contribution in [3.63, 3.8) is 0 Å². The van der Waals surface area contributed by atoms with Gasteiger partial charge in [-0.1, -0.05) is 81.4 Å². The highest BCUT2D eigenvalue weighted by atomic mass is 16.4. The molecule has 49 heavy (non-hydrogen) atoms. The summed E-state index contributed by atoms with van der Waals surface area (Å²) in [4.78, 5) is 67.7. The number of carboxylic acid groups (broad SMARTS) is 1. The van der Waals surface area contributed by atoms with E-state index >= 15 is 0 Å². The predicted octanol–water partition coefficient (Wildman–Crippen LogP) is 0.833. The van der Waals surface area contributed by atoms with Gasteiger partial charge < -0.3 is 43.2 Å². The van der Waals surface area contributed by atoms with Crippen LogP contribution >= 0.6 is 0 Å². The molecule has 10 N–H and O–H groups in total. The number of carboxylic acids is 1. The van der Waals surface area contributed by atoms with E-state index in [-0.39, 0.29) is 32.4 Å². The first-order valence-electron chi connectivity index (χ1n) is 16.9. The van der Waals surface area contributed by atoms with Gasteiger partial charge in [0.1, 0.15) is 23.7 Å². The maximum atomic E-state index is 13.9. The number of likely N-dealkylation sites (tertiary alicyclic amines) is 1. The average molecular weight is 680 g/mol. The van der Waals surface area contributed by atoms with Gasteiger partial charge >= 0.3 is 5.97 Å². The van der Waals surface area contributed by atoms with Crippen molar-refractivity contribution in [1.82, 2.24) is 20.9 Å². The monoisotopic (exact) mass is 679 g/mol. The van der Waals surface area contributed by atoms with Crippen LogP contribution in [0.2, 0.25) is 0 Å². The molecule has 0 aliphatic carbocycles. The van der Waals surface area contributed by atoms with Crippen LogP contribution in [0.4, 0.5) is 0 Å². The molecule has 4 amide bonds. The van der Waals surface area contributed by atoms with E-state index in [0.29, 0.717) is 32.2 Å². The number of amides is 4. The molecule has 5 atom stereocenters. The molecule has 3 rings (SSSR count). The summed E-state index contributed by atoms with van der Waals surface area (Å²) in [6, 6.07) is 14.8. The average Bonchev–Trinajstić information content (AvgIpc) is 3.48. The van der Waals surface area contributed by atoms with Crippen molar-refractivity contribution in [3.8, 4) is 0 Å². The molecular formula is C36H53N7O6. The number of nitrogens with zero attached hydrogens (tertiary/aromatic N) is 1. The van der Waals surface area contributed by atoms with E-state index < -0.39 is 64.7 Å². The minimum atomic E-state index is -1.56. The van der Waals surface area contributed by atoms with Gasteiger partial charge in [0.05, 0.1) is 6.04 Å². The van der Waals surface area contributed by atoms with Gasteiger partial charge in [0.2, 0.25) is 23.6 Å². The minimum Gasteiger partial charge on any atom is -0.480 e. The van der Waals surface area contributed by atoms with Gasteiger partial charge in [0.15, 0.2) is 0 Å². The van der Waals surface area contributed by atoms with Crippen molar-refractivity contribution in [2.75, 3.05) is 19.6 Å². The summed E-state index contributed by atoms with van der Waals surface area (Å²) in [7, 11) is 0. The lowest BCUT2D eigenvalue weighted by Crippen LogP contribution is -2.61. The molecule has 13 heteroatoms. The first-order chi connectivity index (χ1) is 23.1. The molecule has 0 aromatic heterocycles. The zero-order chi connectivity index (χ0) is 36.2. The molecule has 0 radical (unpaired) electrons. The van der Waals surface area contributed by atoms with Crippen molar-refractivity contribution < 1.29 is 29.1 Å². The number of hydrogen-bond acceptors (Lipinski definition) is 8. The van der Waals surface area contributed by atoms with Crippen molar-refractivity contribution in [2.45, 2.75) is 95.4 Å². The number of hydrogen-bond donors (Lipinski definition) is 7. The fraction of sp³-hybridized carbons (Fsp3) is 0.528. The Morgan fingerprint density at radius 3 is 1.98 bits per heavy atom. The maximum absolute atomic E-state index is 13.9. The van der Waals surface area contributed by atoms with Gasteiger partial charge in [-0.15, -0.1) is 0 Å². The second-order valence-electron chi connectivity index (χ2n) is 14.0. The fourth-order valence-corrected chi connectivity index (χ4v) is 5.78. The van der Waals surface area contributed by atoms with E-state index in [1.165, 1.54) is 4.90 Å².